The van der Waals surface area contributed by atoms with E-state index in [4.69, 9.17) is 42.6 Å². The Balaban J connectivity index is 1.14. The lowest BCUT2D eigenvalue weighted by atomic mass is 9.83. The van der Waals surface area contributed by atoms with E-state index >= 15 is 0 Å². The molecular weight excluding hydrogens is 688 g/mol. The molecule has 2 saturated carbocycles. The van der Waals surface area contributed by atoms with Crippen LogP contribution >= 0.6 is 0 Å². The molecule has 22 unspecified atom stereocenters. The highest BCUT2D eigenvalue weighted by Gasteiger charge is 2.74. The molecule has 4 saturated heterocycles. The Morgan fingerprint density at radius 1 is 0.765 bits per heavy atom. The van der Waals surface area contributed by atoms with Gasteiger partial charge < -0.3 is 88.6 Å². The van der Waals surface area contributed by atoms with Crippen LogP contribution in [0.25, 0.3) is 0 Å². The van der Waals surface area contributed by atoms with Gasteiger partial charge in [-0.05, 0) is 19.9 Å². The zero-order valence-corrected chi connectivity index (χ0v) is 28.1. The summed E-state index contributed by atoms with van der Waals surface area (Å²) in [7, 11) is 0. The molecule has 0 spiro atoms. The largest absolute Gasteiger partial charge is 0.472 e. The van der Waals surface area contributed by atoms with Gasteiger partial charge in [0.2, 0.25) is 6.29 Å². The molecule has 0 aromatic rings. The molecule has 0 bridgehead atoms. The van der Waals surface area contributed by atoms with E-state index in [-0.39, 0.29) is 12.8 Å². The third kappa shape index (κ3) is 6.41. The molecule has 7 aliphatic rings. The van der Waals surface area contributed by atoms with Crippen molar-refractivity contribution in [3.63, 3.8) is 0 Å². The van der Waals surface area contributed by atoms with Crippen LogP contribution in [0, 0.1) is 23.7 Å². The minimum absolute atomic E-state index is 0.0232. The molecular formula is C32H48O19. The van der Waals surface area contributed by atoms with Gasteiger partial charge in [-0.25, -0.2) is 0 Å². The molecule has 9 N–H and O–H groups in total. The van der Waals surface area contributed by atoms with E-state index in [1.807, 2.05) is 0 Å². The molecule has 0 aromatic carbocycles. The van der Waals surface area contributed by atoms with Crippen LogP contribution in [0.5, 0.6) is 0 Å². The standard InChI is InChI=1S/C32H48O19/c1-10(35)50-31(2)7-13(36)11-4-5-43-27(17(11)31)48-30-25(23(41)21(39)15(9-34)45-30)46-16-6-12-18(32(3)26(51-32)19(12)37)28(47-16)49-29-24(42)22(40)20(38)14(8-33)44-29/h4-5,11-30,33-34,36-42H,6-9H2,1-3H3. The van der Waals surface area contributed by atoms with Crippen molar-refractivity contribution in [1.82, 2.24) is 0 Å². The van der Waals surface area contributed by atoms with Crippen molar-refractivity contribution in [2.75, 3.05) is 13.2 Å². The summed E-state index contributed by atoms with van der Waals surface area (Å²) in [5.74, 6) is -3.15. The zero-order valence-electron chi connectivity index (χ0n) is 28.1. The summed E-state index contributed by atoms with van der Waals surface area (Å²) in [5.41, 5.74) is -2.14. The average molecular weight is 737 g/mol. The van der Waals surface area contributed by atoms with Crippen molar-refractivity contribution in [2.45, 2.75) is 143 Å². The molecule has 19 heteroatoms. The van der Waals surface area contributed by atoms with E-state index in [9.17, 15) is 50.8 Å². The van der Waals surface area contributed by atoms with Gasteiger partial charge in [0, 0.05) is 37.5 Å². The van der Waals surface area contributed by atoms with Crippen molar-refractivity contribution in [3.8, 4) is 0 Å². The minimum Gasteiger partial charge on any atom is -0.472 e. The number of rotatable bonds is 9. The highest BCUT2D eigenvalue weighted by molar-refractivity contribution is 5.66. The van der Waals surface area contributed by atoms with Crippen LogP contribution in [-0.4, -0.2) is 175 Å². The Labute approximate surface area is 292 Å². The van der Waals surface area contributed by atoms with Gasteiger partial charge in [0.15, 0.2) is 25.2 Å². The Bertz CT molecular complexity index is 1300. The third-order valence-corrected chi connectivity index (χ3v) is 11.7. The molecule has 290 valence electrons. The normalized spacial score (nSPS) is 56.1. The van der Waals surface area contributed by atoms with Gasteiger partial charge in [-0.15, -0.1) is 0 Å². The van der Waals surface area contributed by atoms with E-state index < -0.39 is 153 Å². The summed E-state index contributed by atoms with van der Waals surface area (Å²) in [5, 5.41) is 95.1. The molecule has 0 amide bonds. The SMILES string of the molecule is CC(=O)OC1(C)CC(O)C2C=COC(OC3OC(CO)C(O)C(O)C3OC3CC4C(O)C5OC5(C)C4C(OC4OC(CO)C(O)C(O)C4O)O3)C21. The lowest BCUT2D eigenvalue weighted by Crippen LogP contribution is -2.63. The molecule has 0 aromatic heterocycles. The molecule has 5 heterocycles. The predicted molar refractivity (Wildman–Crippen MR) is 160 cm³/mol. The number of aliphatic hydroxyl groups is 9. The maximum Gasteiger partial charge on any atom is 0.303 e. The first-order valence-corrected chi connectivity index (χ1v) is 17.2. The number of epoxide rings is 1. The van der Waals surface area contributed by atoms with Crippen LogP contribution in [0.15, 0.2) is 12.3 Å². The van der Waals surface area contributed by atoms with Crippen LogP contribution in [0.4, 0.5) is 0 Å². The number of ether oxygens (including phenoxy) is 9. The molecule has 0 radical (unpaired) electrons. The van der Waals surface area contributed by atoms with Crippen LogP contribution in [0.3, 0.4) is 0 Å². The minimum atomic E-state index is -1.77. The van der Waals surface area contributed by atoms with Gasteiger partial charge in [-0.3, -0.25) is 4.79 Å². The van der Waals surface area contributed by atoms with Crippen LogP contribution < -0.4 is 0 Å². The first kappa shape index (κ1) is 37.7. The summed E-state index contributed by atoms with van der Waals surface area (Å²) in [4.78, 5) is 12.1. The van der Waals surface area contributed by atoms with Crippen LogP contribution in [0.2, 0.25) is 0 Å². The van der Waals surface area contributed by atoms with Gasteiger partial charge in [-0.1, -0.05) is 0 Å². The van der Waals surface area contributed by atoms with Gasteiger partial charge in [0.1, 0.15) is 66.1 Å². The average Bonchev–Trinajstić information content (AvgIpc) is 3.64. The number of hydrogen-bond donors (Lipinski definition) is 9. The number of carbonyl (C=O) groups excluding carboxylic acids is 1. The Morgan fingerprint density at radius 2 is 1.41 bits per heavy atom. The summed E-state index contributed by atoms with van der Waals surface area (Å²) in [6.07, 6.45) is -19.2. The fourth-order valence-electron chi connectivity index (χ4n) is 9.09. The van der Waals surface area contributed by atoms with Crippen LogP contribution in [-0.2, 0) is 47.4 Å². The quantitative estimate of drug-likeness (QED) is 0.0799. The molecule has 51 heavy (non-hydrogen) atoms. The second-order valence-electron chi connectivity index (χ2n) is 15.0. The van der Waals surface area contributed by atoms with E-state index in [2.05, 4.69) is 0 Å². The van der Waals surface area contributed by atoms with Crippen molar-refractivity contribution in [2.24, 2.45) is 23.7 Å². The molecule has 5 aliphatic heterocycles. The number of hydrogen-bond acceptors (Lipinski definition) is 19. The van der Waals surface area contributed by atoms with Crippen molar-refractivity contribution >= 4 is 5.97 Å². The number of fused-ring (bicyclic) bond motifs is 4. The van der Waals surface area contributed by atoms with Crippen molar-refractivity contribution in [1.29, 1.82) is 0 Å². The summed E-state index contributed by atoms with van der Waals surface area (Å²) < 4.78 is 53.4. The Kier molecular flexibility index (Phi) is 10.3. The second kappa shape index (κ2) is 13.9. The first-order valence-electron chi connectivity index (χ1n) is 17.2. The fraction of sp³-hybridized carbons (Fsp3) is 0.906. The van der Waals surface area contributed by atoms with E-state index in [0.29, 0.717) is 0 Å². The topological polar surface area (TPSA) is 286 Å². The molecule has 22 atom stereocenters. The summed E-state index contributed by atoms with van der Waals surface area (Å²) in [6.45, 7) is 3.21. The molecule has 2 aliphatic carbocycles. The third-order valence-electron chi connectivity index (χ3n) is 11.7. The monoisotopic (exact) mass is 736 g/mol. The zero-order chi connectivity index (χ0) is 36.7. The van der Waals surface area contributed by atoms with Gasteiger partial charge >= 0.3 is 5.97 Å². The van der Waals surface area contributed by atoms with E-state index in [1.165, 1.54) is 13.2 Å². The molecule has 6 fully saturated rings. The maximum atomic E-state index is 12.1. The highest BCUT2D eigenvalue weighted by Crippen LogP contribution is 2.61. The number of esters is 1. The number of carbonyl (C=O) groups is 1. The smallest absolute Gasteiger partial charge is 0.303 e. The highest BCUT2D eigenvalue weighted by atomic mass is 16.8. The molecule has 19 nitrogen and oxygen atoms in total. The summed E-state index contributed by atoms with van der Waals surface area (Å²) >= 11 is 0. The summed E-state index contributed by atoms with van der Waals surface area (Å²) in [6, 6.07) is 0. The van der Waals surface area contributed by atoms with Crippen molar-refractivity contribution in [3.05, 3.63) is 12.3 Å². The first-order chi connectivity index (χ1) is 24.1. The molecule has 7 rings (SSSR count). The number of aliphatic hydroxyl groups excluding tert-OH is 9. The lowest BCUT2D eigenvalue weighted by molar-refractivity contribution is -0.405. The lowest BCUT2D eigenvalue weighted by Gasteiger charge is -2.48. The fourth-order valence-corrected chi connectivity index (χ4v) is 9.09. The van der Waals surface area contributed by atoms with Crippen molar-refractivity contribution < 1.29 is 93.4 Å². The predicted octanol–water partition coefficient (Wildman–Crippen LogP) is -4.33. The van der Waals surface area contributed by atoms with E-state index in [1.54, 1.807) is 19.9 Å². The van der Waals surface area contributed by atoms with Gasteiger partial charge in [-0.2, -0.15) is 0 Å². The van der Waals surface area contributed by atoms with Gasteiger partial charge in [0.25, 0.3) is 0 Å². The second-order valence-corrected chi connectivity index (χ2v) is 15.0. The van der Waals surface area contributed by atoms with E-state index in [0.717, 1.165) is 0 Å². The van der Waals surface area contributed by atoms with Crippen LogP contribution in [0.1, 0.15) is 33.6 Å². The maximum absolute atomic E-state index is 12.1. The Hall–Kier alpha value is -1.63. The van der Waals surface area contributed by atoms with Gasteiger partial charge in [0.05, 0.1) is 37.6 Å². The Morgan fingerprint density at radius 3 is 2.08 bits per heavy atom.